The maximum Gasteiger partial charge on any atom is 0.310 e. The average Bonchev–Trinajstić information content (AvgIpc) is 2.79. The van der Waals surface area contributed by atoms with E-state index in [1.807, 2.05) is 32.0 Å². The molecule has 9 heteroatoms. The van der Waals surface area contributed by atoms with Gasteiger partial charge < -0.3 is 31.5 Å². The van der Waals surface area contributed by atoms with Crippen LogP contribution in [0.2, 0.25) is 0 Å². The molecule has 0 saturated heterocycles. The average molecular weight is 603 g/mol. The Balaban J connectivity index is 0. The number of nitrogens with two attached hydrogens (primary N) is 1. The maximum atomic E-state index is 12.1. The van der Waals surface area contributed by atoms with Crippen LogP contribution in [0.15, 0.2) is 30.3 Å². The van der Waals surface area contributed by atoms with Crippen molar-refractivity contribution in [3.63, 3.8) is 0 Å². The zero-order valence-electron chi connectivity index (χ0n) is 22.2. The number of hydrogen-bond donors (Lipinski definition) is 2. The number of ether oxygens (including phenoxy) is 2. The Labute approximate surface area is 230 Å². The normalized spacial score (nSPS) is 26.9. The molecule has 0 aromatic heterocycles. The van der Waals surface area contributed by atoms with Gasteiger partial charge >= 0.3 is 11.9 Å². The second-order valence-corrected chi connectivity index (χ2v) is 9.69. The summed E-state index contributed by atoms with van der Waals surface area (Å²) in [6, 6.07) is 10.6. The molecular formula is C27H48N2O6Pd. The molecule has 1 aromatic rings. The van der Waals surface area contributed by atoms with Gasteiger partial charge in [0.25, 0.3) is 0 Å². The first kappa shape index (κ1) is 36.8. The molecule has 2 aliphatic carbocycles. The molecule has 0 radical (unpaired) electrons. The van der Waals surface area contributed by atoms with Gasteiger partial charge in [0.1, 0.15) is 0 Å². The van der Waals surface area contributed by atoms with Crippen LogP contribution in [0.25, 0.3) is 0 Å². The standard InChI is InChI=1S/C17H25NO2.C10H19NO2.2H2O.Pd/c1-3-20-17(19)15-10-9-13(2)11-16(15)18-12-14-7-5-4-6-8-14;1-3-13-10(12)8-5-4-7(2)6-9(8)11;;;/h4-8,13,15-16,18H,3,9-12H2,1-2H3;7-9H,3-6,11H2,1-2H3;2*1H2;. The summed E-state index contributed by atoms with van der Waals surface area (Å²) in [6.45, 7) is 9.88. The van der Waals surface area contributed by atoms with Crippen LogP contribution >= 0.6 is 0 Å². The van der Waals surface area contributed by atoms with Gasteiger partial charge in [0, 0.05) is 39.1 Å². The minimum atomic E-state index is -0.109. The van der Waals surface area contributed by atoms with E-state index in [9.17, 15) is 9.59 Å². The summed E-state index contributed by atoms with van der Waals surface area (Å²) in [5.74, 6) is 1.13. The van der Waals surface area contributed by atoms with Gasteiger partial charge in [-0.2, -0.15) is 0 Å². The van der Waals surface area contributed by atoms with Crippen LogP contribution in [-0.4, -0.2) is 48.2 Å². The molecule has 7 N–H and O–H groups in total. The van der Waals surface area contributed by atoms with Crippen LogP contribution in [0.5, 0.6) is 0 Å². The molecule has 0 bridgehead atoms. The van der Waals surface area contributed by atoms with Crippen molar-refractivity contribution < 1.29 is 50.4 Å². The predicted molar refractivity (Wildman–Crippen MR) is 139 cm³/mol. The van der Waals surface area contributed by atoms with E-state index in [-0.39, 0.29) is 67.2 Å². The topological polar surface area (TPSA) is 154 Å². The molecule has 8 nitrogen and oxygen atoms in total. The number of hydrogen-bond acceptors (Lipinski definition) is 6. The molecule has 0 spiro atoms. The molecular weight excluding hydrogens is 555 g/mol. The summed E-state index contributed by atoms with van der Waals surface area (Å²) in [4.78, 5) is 23.5. The SMILES string of the molecule is CCOC(=O)C1CCC(C)CC1N.CCOC(=O)C1CCC(C)CC1NCc1ccccc1.O.O.[Pd]. The number of nitrogens with one attached hydrogen (secondary N) is 1. The van der Waals surface area contributed by atoms with Crippen molar-refractivity contribution in [2.75, 3.05) is 13.2 Å². The van der Waals surface area contributed by atoms with Gasteiger partial charge in [0.05, 0.1) is 25.0 Å². The number of rotatable bonds is 7. The van der Waals surface area contributed by atoms with E-state index in [1.54, 1.807) is 0 Å². The largest absolute Gasteiger partial charge is 0.466 e. The van der Waals surface area contributed by atoms with E-state index in [4.69, 9.17) is 15.2 Å². The molecule has 1 aromatic carbocycles. The zero-order chi connectivity index (χ0) is 24.2. The predicted octanol–water partition coefficient (Wildman–Crippen LogP) is 2.81. The van der Waals surface area contributed by atoms with Crippen LogP contribution in [0.3, 0.4) is 0 Å². The smallest absolute Gasteiger partial charge is 0.310 e. The fourth-order valence-electron chi connectivity index (χ4n) is 4.95. The molecule has 0 aliphatic heterocycles. The van der Waals surface area contributed by atoms with Gasteiger partial charge in [0.15, 0.2) is 0 Å². The van der Waals surface area contributed by atoms with Crippen molar-refractivity contribution in [2.45, 2.75) is 84.8 Å². The van der Waals surface area contributed by atoms with Crippen molar-refractivity contribution in [1.29, 1.82) is 0 Å². The third-order valence-corrected chi connectivity index (χ3v) is 6.86. The van der Waals surface area contributed by atoms with Crippen molar-refractivity contribution in [3.05, 3.63) is 35.9 Å². The zero-order valence-corrected chi connectivity index (χ0v) is 23.8. The monoisotopic (exact) mass is 602 g/mol. The minimum absolute atomic E-state index is 0. The van der Waals surface area contributed by atoms with Crippen LogP contribution in [0.4, 0.5) is 0 Å². The number of esters is 2. The second kappa shape index (κ2) is 19.7. The molecule has 36 heavy (non-hydrogen) atoms. The third-order valence-electron chi connectivity index (χ3n) is 6.86. The van der Waals surface area contributed by atoms with E-state index in [2.05, 4.69) is 31.3 Å². The second-order valence-electron chi connectivity index (χ2n) is 9.69. The van der Waals surface area contributed by atoms with Gasteiger partial charge in [-0.3, -0.25) is 9.59 Å². The quantitative estimate of drug-likeness (QED) is 0.361. The first-order valence-electron chi connectivity index (χ1n) is 12.7. The Bertz CT molecular complexity index is 723. The van der Waals surface area contributed by atoms with Crippen molar-refractivity contribution in [1.82, 2.24) is 5.32 Å². The van der Waals surface area contributed by atoms with Gasteiger partial charge in [0.2, 0.25) is 0 Å². The third kappa shape index (κ3) is 12.3. The summed E-state index contributed by atoms with van der Waals surface area (Å²) in [7, 11) is 0. The van der Waals surface area contributed by atoms with Crippen molar-refractivity contribution >= 4 is 11.9 Å². The Morgan fingerprint density at radius 1 is 0.861 bits per heavy atom. The number of carbonyl (C=O) groups excluding carboxylic acids is 2. The van der Waals surface area contributed by atoms with Gasteiger partial charge in [-0.25, -0.2) is 0 Å². The summed E-state index contributed by atoms with van der Waals surface area (Å²) in [6.07, 6.45) is 6.04. The molecule has 6 unspecified atom stereocenters. The maximum absolute atomic E-state index is 12.1. The molecule has 0 heterocycles. The molecule has 2 fully saturated rings. The van der Waals surface area contributed by atoms with E-state index < -0.39 is 0 Å². The van der Waals surface area contributed by atoms with Crippen LogP contribution in [-0.2, 0) is 46.0 Å². The molecule has 2 aliphatic rings. The van der Waals surface area contributed by atoms with Gasteiger partial charge in [-0.1, -0.05) is 44.2 Å². The minimum Gasteiger partial charge on any atom is -0.466 e. The van der Waals surface area contributed by atoms with E-state index in [1.165, 1.54) is 5.56 Å². The van der Waals surface area contributed by atoms with Crippen molar-refractivity contribution in [2.24, 2.45) is 29.4 Å². The van der Waals surface area contributed by atoms with Crippen molar-refractivity contribution in [3.8, 4) is 0 Å². The fourth-order valence-corrected chi connectivity index (χ4v) is 4.95. The Hall–Kier alpha value is -1.34. The molecule has 2 saturated carbocycles. The summed E-state index contributed by atoms with van der Waals surface area (Å²) in [5, 5.41) is 3.56. The van der Waals surface area contributed by atoms with Gasteiger partial charge in [-0.05, 0) is 69.8 Å². The summed E-state index contributed by atoms with van der Waals surface area (Å²) in [5.41, 5.74) is 7.16. The summed E-state index contributed by atoms with van der Waals surface area (Å²) >= 11 is 0. The molecule has 6 atom stereocenters. The number of benzene rings is 1. The molecule has 0 amide bonds. The number of carbonyl (C=O) groups is 2. The van der Waals surface area contributed by atoms with Crippen LogP contribution in [0, 0.1) is 23.7 Å². The van der Waals surface area contributed by atoms with Crippen LogP contribution < -0.4 is 11.1 Å². The van der Waals surface area contributed by atoms with E-state index in [0.29, 0.717) is 25.0 Å². The van der Waals surface area contributed by atoms with Gasteiger partial charge in [-0.15, -0.1) is 0 Å². The van der Waals surface area contributed by atoms with E-state index in [0.717, 1.165) is 45.1 Å². The first-order chi connectivity index (χ1) is 15.8. The Kier molecular flexibility index (Phi) is 20.2. The Morgan fingerprint density at radius 3 is 1.89 bits per heavy atom. The molecule has 3 rings (SSSR count). The first-order valence-corrected chi connectivity index (χ1v) is 12.7. The summed E-state index contributed by atoms with van der Waals surface area (Å²) < 4.78 is 10.2. The van der Waals surface area contributed by atoms with Crippen LogP contribution in [0.1, 0.15) is 71.8 Å². The molecule has 212 valence electrons. The Morgan fingerprint density at radius 2 is 1.36 bits per heavy atom. The van der Waals surface area contributed by atoms with E-state index >= 15 is 0 Å². The fraction of sp³-hybridized carbons (Fsp3) is 0.704.